The molecule has 2 N–H and O–H groups in total. The second kappa shape index (κ2) is 5.61. The summed E-state index contributed by atoms with van der Waals surface area (Å²) in [5, 5.41) is 13.4. The van der Waals surface area contributed by atoms with Gasteiger partial charge in [-0.25, -0.2) is 0 Å². The molecule has 0 unspecified atom stereocenters. The van der Waals surface area contributed by atoms with Crippen LogP contribution in [-0.4, -0.2) is 16.8 Å². The van der Waals surface area contributed by atoms with Gasteiger partial charge in [0.05, 0.1) is 6.42 Å². The van der Waals surface area contributed by atoms with E-state index in [4.69, 9.17) is 0 Å². The third-order valence-corrected chi connectivity index (χ3v) is 4.66. The molecule has 2 aromatic rings. The number of fused-ring (bicyclic) bond motifs is 1. The molecule has 0 saturated carbocycles. The van der Waals surface area contributed by atoms with E-state index in [1.54, 1.807) is 42.5 Å². The molecule has 0 aromatic heterocycles. The molecule has 0 saturated heterocycles. The number of carbonyl (C=O) groups excluding carboxylic acids is 2. The van der Waals surface area contributed by atoms with Gasteiger partial charge in [0.15, 0.2) is 11.4 Å². The number of benzene rings is 2. The first-order chi connectivity index (χ1) is 10.4. The number of rotatable bonds is 3. The van der Waals surface area contributed by atoms with Crippen LogP contribution < -0.4 is 5.32 Å². The molecule has 2 aromatic carbocycles. The summed E-state index contributed by atoms with van der Waals surface area (Å²) in [7, 11) is 0. The van der Waals surface area contributed by atoms with E-state index in [2.05, 4.69) is 37.2 Å². The molecule has 1 aliphatic heterocycles. The number of carbonyl (C=O) groups is 2. The minimum atomic E-state index is -1.84. The van der Waals surface area contributed by atoms with Crippen LogP contribution in [0.4, 0.5) is 5.69 Å². The van der Waals surface area contributed by atoms with Gasteiger partial charge in [0, 0.05) is 25.8 Å². The van der Waals surface area contributed by atoms with Gasteiger partial charge in [0.2, 0.25) is 0 Å². The van der Waals surface area contributed by atoms with E-state index in [1.165, 1.54) is 0 Å². The van der Waals surface area contributed by atoms with Crippen molar-refractivity contribution in [3.8, 4) is 0 Å². The van der Waals surface area contributed by atoms with Crippen molar-refractivity contribution in [3.63, 3.8) is 0 Å². The third kappa shape index (κ3) is 2.62. The summed E-state index contributed by atoms with van der Waals surface area (Å²) in [6.07, 6.45) is -0.302. The van der Waals surface area contributed by atoms with Crippen molar-refractivity contribution in [3.05, 3.63) is 62.5 Å². The first-order valence-electron chi connectivity index (χ1n) is 6.53. The van der Waals surface area contributed by atoms with E-state index < -0.39 is 11.5 Å². The second-order valence-electron chi connectivity index (χ2n) is 5.11. The molecule has 4 nitrogen and oxygen atoms in total. The Morgan fingerprint density at radius 2 is 1.73 bits per heavy atom. The SMILES string of the molecule is O=C(C[C@]1(O)C(=O)Nc2ccc(Br)cc21)c1ccc(Br)cc1. The number of Topliss-reactive ketones (excluding diaryl/α,β-unsaturated/α-hetero) is 1. The molecule has 1 heterocycles. The number of hydrogen-bond acceptors (Lipinski definition) is 3. The number of hydrogen-bond donors (Lipinski definition) is 2. The number of halogens is 2. The van der Waals surface area contributed by atoms with Gasteiger partial charge in [-0.15, -0.1) is 0 Å². The molecule has 0 radical (unpaired) electrons. The minimum absolute atomic E-state index is 0.294. The highest BCUT2D eigenvalue weighted by Gasteiger charge is 2.46. The van der Waals surface area contributed by atoms with Crippen LogP contribution in [0, 0.1) is 0 Å². The zero-order valence-electron chi connectivity index (χ0n) is 11.3. The van der Waals surface area contributed by atoms with Crippen LogP contribution in [0.5, 0.6) is 0 Å². The highest BCUT2D eigenvalue weighted by molar-refractivity contribution is 9.10. The molecule has 0 aliphatic carbocycles. The van der Waals surface area contributed by atoms with Crippen LogP contribution in [0.1, 0.15) is 22.3 Å². The largest absolute Gasteiger partial charge is 0.375 e. The Morgan fingerprint density at radius 1 is 1.09 bits per heavy atom. The van der Waals surface area contributed by atoms with E-state index in [0.717, 1.165) is 8.95 Å². The van der Waals surface area contributed by atoms with Crippen LogP contribution in [0.3, 0.4) is 0 Å². The summed E-state index contributed by atoms with van der Waals surface area (Å²) in [5.74, 6) is -0.871. The minimum Gasteiger partial charge on any atom is -0.375 e. The van der Waals surface area contributed by atoms with E-state index in [0.29, 0.717) is 16.8 Å². The van der Waals surface area contributed by atoms with Crippen molar-refractivity contribution in [2.24, 2.45) is 0 Å². The third-order valence-electron chi connectivity index (χ3n) is 3.63. The molecule has 1 amide bonds. The monoisotopic (exact) mass is 423 g/mol. The lowest BCUT2D eigenvalue weighted by molar-refractivity contribution is -0.133. The summed E-state index contributed by atoms with van der Waals surface area (Å²) in [5.41, 5.74) is -0.451. The zero-order valence-corrected chi connectivity index (χ0v) is 14.4. The number of anilines is 1. The van der Waals surface area contributed by atoms with Crippen molar-refractivity contribution in [2.45, 2.75) is 12.0 Å². The lowest BCUT2D eigenvalue weighted by Gasteiger charge is -2.20. The number of ketones is 1. The molecule has 6 heteroatoms. The summed E-state index contributed by atoms with van der Waals surface area (Å²) in [6.45, 7) is 0. The summed E-state index contributed by atoms with van der Waals surface area (Å²) >= 11 is 6.62. The molecule has 112 valence electrons. The Hall–Kier alpha value is -1.50. The van der Waals surface area contributed by atoms with Crippen LogP contribution >= 0.6 is 31.9 Å². The Morgan fingerprint density at radius 3 is 2.41 bits per heavy atom. The molecule has 3 rings (SSSR count). The van der Waals surface area contributed by atoms with Crippen molar-refractivity contribution in [1.29, 1.82) is 0 Å². The average Bonchev–Trinajstić information content (AvgIpc) is 2.71. The van der Waals surface area contributed by atoms with Gasteiger partial charge in [0.25, 0.3) is 5.91 Å². The second-order valence-corrected chi connectivity index (χ2v) is 6.94. The Labute approximate surface area is 143 Å². The lowest BCUT2D eigenvalue weighted by Crippen LogP contribution is -2.36. The van der Waals surface area contributed by atoms with Crippen molar-refractivity contribution in [1.82, 2.24) is 0 Å². The zero-order chi connectivity index (χ0) is 15.9. The first kappa shape index (κ1) is 15.4. The molecule has 0 fully saturated rings. The fraction of sp³-hybridized carbons (Fsp3) is 0.125. The number of aliphatic hydroxyl groups is 1. The Kier molecular flexibility index (Phi) is 3.92. The van der Waals surface area contributed by atoms with Gasteiger partial charge in [-0.3, -0.25) is 9.59 Å². The Balaban J connectivity index is 1.94. The van der Waals surface area contributed by atoms with E-state index >= 15 is 0 Å². The van der Waals surface area contributed by atoms with Gasteiger partial charge in [-0.05, 0) is 30.3 Å². The first-order valence-corrected chi connectivity index (χ1v) is 8.11. The standard InChI is InChI=1S/C16H11Br2NO3/c17-10-3-1-9(2-4-10)14(20)8-16(22)12-7-11(18)5-6-13(12)19-15(16)21/h1-7,22H,8H2,(H,19,21)/t16-/m1/s1. The van der Waals surface area contributed by atoms with Gasteiger partial charge >= 0.3 is 0 Å². The maximum Gasteiger partial charge on any atom is 0.261 e. The Bertz CT molecular complexity index is 773. The lowest BCUT2D eigenvalue weighted by atomic mass is 9.88. The van der Waals surface area contributed by atoms with Crippen molar-refractivity contribution < 1.29 is 14.7 Å². The summed E-state index contributed by atoms with van der Waals surface area (Å²) in [4.78, 5) is 24.5. The molecule has 22 heavy (non-hydrogen) atoms. The average molecular weight is 425 g/mol. The van der Waals surface area contributed by atoms with Gasteiger partial charge in [-0.1, -0.05) is 44.0 Å². The van der Waals surface area contributed by atoms with E-state index in [9.17, 15) is 14.7 Å². The fourth-order valence-corrected chi connectivity index (χ4v) is 3.09. The van der Waals surface area contributed by atoms with E-state index in [1.807, 2.05) is 0 Å². The van der Waals surface area contributed by atoms with Crippen LogP contribution in [-0.2, 0) is 10.4 Å². The molecule has 0 bridgehead atoms. The van der Waals surface area contributed by atoms with Gasteiger partial charge in [-0.2, -0.15) is 0 Å². The number of nitrogens with one attached hydrogen (secondary N) is 1. The highest BCUT2D eigenvalue weighted by atomic mass is 79.9. The number of amides is 1. The maximum absolute atomic E-state index is 12.4. The van der Waals surface area contributed by atoms with Crippen LogP contribution in [0.25, 0.3) is 0 Å². The predicted molar refractivity (Wildman–Crippen MR) is 89.8 cm³/mol. The van der Waals surface area contributed by atoms with E-state index in [-0.39, 0.29) is 12.2 Å². The normalized spacial score (nSPS) is 19.7. The summed E-state index contributed by atoms with van der Waals surface area (Å²) in [6, 6.07) is 11.9. The quantitative estimate of drug-likeness (QED) is 0.739. The molecule has 1 atom stereocenters. The van der Waals surface area contributed by atoms with Crippen molar-refractivity contribution in [2.75, 3.05) is 5.32 Å². The topological polar surface area (TPSA) is 66.4 Å². The van der Waals surface area contributed by atoms with Crippen molar-refractivity contribution >= 4 is 49.2 Å². The smallest absolute Gasteiger partial charge is 0.261 e. The predicted octanol–water partition coefficient (Wildman–Crippen LogP) is 3.62. The highest BCUT2D eigenvalue weighted by Crippen LogP contribution is 2.40. The molecule has 1 aliphatic rings. The van der Waals surface area contributed by atoms with Crippen LogP contribution in [0.2, 0.25) is 0 Å². The maximum atomic E-state index is 12.4. The molecular weight excluding hydrogens is 414 g/mol. The summed E-state index contributed by atoms with van der Waals surface area (Å²) < 4.78 is 1.59. The van der Waals surface area contributed by atoms with Crippen LogP contribution in [0.15, 0.2) is 51.4 Å². The van der Waals surface area contributed by atoms with Gasteiger partial charge < -0.3 is 10.4 Å². The molecule has 0 spiro atoms. The fourth-order valence-electron chi connectivity index (χ4n) is 2.46. The van der Waals surface area contributed by atoms with Gasteiger partial charge in [0.1, 0.15) is 0 Å². The molecular formula is C16H11Br2NO3.